The molecular weight excluding hydrogens is 293 g/mol. The molecule has 2 rings (SSSR count). The summed E-state index contributed by atoms with van der Waals surface area (Å²) in [7, 11) is 0. The van der Waals surface area contributed by atoms with Gasteiger partial charge in [-0.3, -0.25) is 10.7 Å². The van der Waals surface area contributed by atoms with Crippen LogP contribution in [-0.4, -0.2) is 34.5 Å². The van der Waals surface area contributed by atoms with E-state index in [1.54, 1.807) is 6.92 Å². The summed E-state index contributed by atoms with van der Waals surface area (Å²) < 4.78 is 23.1. The molecule has 0 aliphatic rings. The molecule has 1 aromatic heterocycles. The number of rotatable bonds is 6. The van der Waals surface area contributed by atoms with Gasteiger partial charge in [-0.25, -0.2) is 14.0 Å². The van der Waals surface area contributed by atoms with Crippen LogP contribution in [0.25, 0.3) is 0 Å². The molecule has 0 spiro atoms. The van der Waals surface area contributed by atoms with Crippen LogP contribution in [0.3, 0.4) is 0 Å². The fourth-order valence-corrected chi connectivity index (χ4v) is 1.69. The number of benzene rings is 1. The maximum Gasteiger partial charge on any atom is 0.182 e. The lowest BCUT2D eigenvalue weighted by Crippen LogP contribution is -2.22. The average molecular weight is 309 g/mol. The molecule has 9 heteroatoms. The van der Waals surface area contributed by atoms with E-state index in [9.17, 15) is 9.60 Å². The summed E-state index contributed by atoms with van der Waals surface area (Å²) in [5.41, 5.74) is 8.68. The first kappa shape index (κ1) is 16.0. The highest BCUT2D eigenvalue weighted by atomic mass is 19.1. The number of aryl methyl sites for hydroxylation is 1. The number of aromatic nitrogens is 2. The van der Waals surface area contributed by atoms with Gasteiger partial charge in [-0.1, -0.05) is 5.16 Å². The molecule has 0 unspecified atom stereocenters. The molecule has 0 fully saturated rings. The van der Waals surface area contributed by atoms with Crippen LogP contribution in [0.4, 0.5) is 10.1 Å². The first-order valence-corrected chi connectivity index (χ1v) is 6.50. The topological polar surface area (TPSA) is 119 Å². The number of hydrogen-bond acceptors (Lipinski definition) is 7. The minimum atomic E-state index is -0.337. The van der Waals surface area contributed by atoms with E-state index in [0.717, 1.165) is 0 Å². The van der Waals surface area contributed by atoms with Crippen molar-refractivity contribution in [2.75, 3.05) is 13.2 Å². The van der Waals surface area contributed by atoms with Gasteiger partial charge in [0.15, 0.2) is 11.5 Å². The molecule has 0 aliphatic carbocycles. The number of aliphatic imine (C=N–C) groups is 1. The molecule has 0 saturated carbocycles. The lowest BCUT2D eigenvalue weighted by atomic mass is 10.2. The van der Waals surface area contributed by atoms with Crippen LogP contribution in [0.15, 0.2) is 27.8 Å². The average Bonchev–Trinajstić information content (AvgIpc) is 2.97. The quantitative estimate of drug-likeness (QED) is 0.316. The van der Waals surface area contributed by atoms with Gasteiger partial charge in [-0.2, -0.15) is 0 Å². The first-order chi connectivity index (χ1) is 10.7. The highest BCUT2D eigenvalue weighted by molar-refractivity contribution is 5.98. The number of nitrogens with zero attached hydrogens (tertiary/aromatic N) is 3. The Kier molecular flexibility index (Phi) is 5.53. The number of hydrogen-bond donors (Lipinski definition) is 3. The molecule has 0 saturated heterocycles. The van der Waals surface area contributed by atoms with Crippen LogP contribution in [-0.2, 0) is 11.3 Å². The van der Waals surface area contributed by atoms with Gasteiger partial charge in [-0.05, 0) is 35.8 Å². The predicted molar refractivity (Wildman–Crippen MR) is 75.3 cm³/mol. The summed E-state index contributed by atoms with van der Waals surface area (Å²) in [5, 5.41) is 16.6. The molecule has 22 heavy (non-hydrogen) atoms. The Balaban J connectivity index is 2.25. The molecule has 118 valence electrons. The number of amidine groups is 1. The van der Waals surface area contributed by atoms with Crippen molar-refractivity contribution in [1.82, 2.24) is 15.8 Å². The van der Waals surface area contributed by atoms with Gasteiger partial charge in [0, 0.05) is 6.54 Å². The SMILES string of the molecule is Cc1cc(N=C(NO)c2nonc2COCCN)ccc1F. The van der Waals surface area contributed by atoms with Crippen LogP contribution >= 0.6 is 0 Å². The Morgan fingerprint density at radius 2 is 2.32 bits per heavy atom. The number of nitrogens with two attached hydrogens (primary N) is 1. The second kappa shape index (κ2) is 7.59. The normalized spacial score (nSPS) is 11.7. The third-order valence-corrected chi connectivity index (χ3v) is 2.77. The van der Waals surface area contributed by atoms with Crippen LogP contribution in [0.1, 0.15) is 17.0 Å². The molecule has 1 aromatic carbocycles. The van der Waals surface area contributed by atoms with Crippen molar-refractivity contribution in [3.05, 3.63) is 41.0 Å². The third-order valence-electron chi connectivity index (χ3n) is 2.77. The smallest absolute Gasteiger partial charge is 0.182 e. The zero-order chi connectivity index (χ0) is 15.9. The highest BCUT2D eigenvalue weighted by Gasteiger charge is 2.16. The summed E-state index contributed by atoms with van der Waals surface area (Å²) in [6.45, 7) is 2.44. The Hall–Kier alpha value is -2.36. The van der Waals surface area contributed by atoms with Crippen molar-refractivity contribution < 1.29 is 19.0 Å². The van der Waals surface area contributed by atoms with Gasteiger partial charge >= 0.3 is 0 Å². The Labute approximate surface area is 125 Å². The molecule has 4 N–H and O–H groups in total. The predicted octanol–water partition coefficient (Wildman–Crippen LogP) is 1.05. The lowest BCUT2D eigenvalue weighted by Gasteiger charge is -2.04. The monoisotopic (exact) mass is 309 g/mol. The molecule has 0 radical (unpaired) electrons. The Morgan fingerprint density at radius 3 is 3.00 bits per heavy atom. The molecular formula is C13H16FN5O3. The van der Waals surface area contributed by atoms with Gasteiger partial charge in [0.2, 0.25) is 0 Å². The van der Waals surface area contributed by atoms with E-state index in [1.165, 1.54) is 18.2 Å². The van der Waals surface area contributed by atoms with Crippen molar-refractivity contribution in [3.8, 4) is 0 Å². The zero-order valence-electron chi connectivity index (χ0n) is 11.9. The highest BCUT2D eigenvalue weighted by Crippen LogP contribution is 2.18. The molecule has 1 heterocycles. The molecule has 8 nitrogen and oxygen atoms in total. The van der Waals surface area contributed by atoms with Crippen molar-refractivity contribution >= 4 is 11.5 Å². The lowest BCUT2D eigenvalue weighted by molar-refractivity contribution is 0.122. The Bertz CT molecular complexity index is 659. The zero-order valence-corrected chi connectivity index (χ0v) is 11.9. The molecule has 2 aromatic rings. The third kappa shape index (κ3) is 3.85. The molecule has 0 amide bonds. The van der Waals surface area contributed by atoms with Crippen molar-refractivity contribution in [1.29, 1.82) is 0 Å². The van der Waals surface area contributed by atoms with Gasteiger partial charge in [0.05, 0.1) is 18.9 Å². The van der Waals surface area contributed by atoms with Crippen molar-refractivity contribution in [3.63, 3.8) is 0 Å². The summed E-state index contributed by atoms with van der Waals surface area (Å²) >= 11 is 0. The number of nitrogens with one attached hydrogen (secondary N) is 1. The maximum atomic E-state index is 13.3. The van der Waals surface area contributed by atoms with Crippen LogP contribution in [0, 0.1) is 12.7 Å². The fraction of sp³-hybridized carbons (Fsp3) is 0.308. The minimum Gasteiger partial charge on any atom is -0.374 e. The van der Waals surface area contributed by atoms with E-state index in [2.05, 4.69) is 19.9 Å². The maximum absolute atomic E-state index is 13.3. The number of halogens is 1. The van der Waals surface area contributed by atoms with Gasteiger partial charge in [0.25, 0.3) is 0 Å². The summed E-state index contributed by atoms with van der Waals surface area (Å²) in [6, 6.07) is 4.29. The fourth-order valence-electron chi connectivity index (χ4n) is 1.69. The first-order valence-electron chi connectivity index (χ1n) is 6.50. The minimum absolute atomic E-state index is 0.0126. The largest absolute Gasteiger partial charge is 0.374 e. The standard InChI is InChI=1S/C13H16FN5O3/c1-8-6-9(2-3-10(8)14)16-13(17-20)12-11(18-22-19-12)7-21-5-4-15/h2-3,6,20H,4-5,7,15H2,1H3,(H,16,17). The van der Waals surface area contributed by atoms with E-state index in [0.29, 0.717) is 30.1 Å². The van der Waals surface area contributed by atoms with E-state index >= 15 is 0 Å². The number of ether oxygens (including phenoxy) is 1. The molecule has 0 atom stereocenters. The van der Waals surface area contributed by atoms with E-state index in [1.807, 2.05) is 5.48 Å². The van der Waals surface area contributed by atoms with Crippen molar-refractivity contribution in [2.45, 2.75) is 13.5 Å². The number of hydroxylamine groups is 1. The second-order valence-electron chi connectivity index (χ2n) is 4.41. The summed E-state index contributed by atoms with van der Waals surface area (Å²) in [6.07, 6.45) is 0. The van der Waals surface area contributed by atoms with Crippen LogP contribution in [0.5, 0.6) is 0 Å². The van der Waals surface area contributed by atoms with Crippen molar-refractivity contribution in [2.24, 2.45) is 10.7 Å². The van der Waals surface area contributed by atoms with E-state index < -0.39 is 0 Å². The summed E-state index contributed by atoms with van der Waals surface area (Å²) in [5.74, 6) is -0.324. The molecule has 0 aliphatic heterocycles. The second-order valence-corrected chi connectivity index (χ2v) is 4.41. The van der Waals surface area contributed by atoms with Gasteiger partial charge in [0.1, 0.15) is 11.5 Å². The molecule has 0 bridgehead atoms. The van der Waals surface area contributed by atoms with E-state index in [4.69, 9.17) is 10.5 Å². The van der Waals surface area contributed by atoms with Gasteiger partial charge in [-0.15, -0.1) is 0 Å². The van der Waals surface area contributed by atoms with E-state index in [-0.39, 0.29) is 24.0 Å². The van der Waals surface area contributed by atoms with Crippen LogP contribution < -0.4 is 11.2 Å². The summed E-state index contributed by atoms with van der Waals surface area (Å²) in [4.78, 5) is 4.16. The Morgan fingerprint density at radius 1 is 1.50 bits per heavy atom. The van der Waals surface area contributed by atoms with Crippen LogP contribution in [0.2, 0.25) is 0 Å². The van der Waals surface area contributed by atoms with Gasteiger partial charge < -0.3 is 10.5 Å².